The smallest absolute Gasteiger partial charge is 0.00431 e. The summed E-state index contributed by atoms with van der Waals surface area (Å²) in [6.07, 6.45) is 18.9. The van der Waals surface area contributed by atoms with Crippen molar-refractivity contribution in [2.24, 2.45) is 0 Å². The number of unbranched alkanes of at least 4 members (excludes halogenated alkanes) is 3. The van der Waals surface area contributed by atoms with E-state index in [1.165, 1.54) is 82.9 Å². The van der Waals surface area contributed by atoms with E-state index in [4.69, 9.17) is 0 Å². The largest absolute Gasteiger partial charge is 0.317 e. The van der Waals surface area contributed by atoms with Crippen LogP contribution in [0, 0.1) is 0 Å². The van der Waals surface area contributed by atoms with Gasteiger partial charge in [-0.3, -0.25) is 0 Å². The summed E-state index contributed by atoms with van der Waals surface area (Å²) in [4.78, 5) is 0. The molecule has 0 bridgehead atoms. The van der Waals surface area contributed by atoms with Crippen molar-refractivity contribution in [2.45, 2.75) is 84.0 Å². The molecule has 154 valence electrons. The van der Waals surface area contributed by atoms with Crippen LogP contribution in [0.5, 0.6) is 0 Å². The second-order valence-corrected chi connectivity index (χ2v) is 8.11. The summed E-state index contributed by atoms with van der Waals surface area (Å²) in [5, 5.41) is 3.46. The number of aryl methyl sites for hydroxylation is 1. The Bertz CT molecular complexity index is 608. The molecule has 0 atom stereocenters. The lowest BCUT2D eigenvalue weighted by atomic mass is 9.89. The predicted molar refractivity (Wildman–Crippen MR) is 125 cm³/mol. The zero-order valence-electron chi connectivity index (χ0n) is 18.3. The molecule has 0 amide bonds. The molecule has 1 aliphatic rings. The average Bonchev–Trinajstić information content (AvgIpc) is 2.75. The molecule has 0 spiro atoms. The molecule has 1 aromatic rings. The monoisotopic (exact) mass is 379 g/mol. The number of nitrogens with one attached hydrogen (secondary N) is 1. The number of hydrogen-bond acceptors (Lipinski definition) is 1. The number of hydrogen-bond donors (Lipinski definition) is 1. The molecule has 0 saturated carbocycles. The van der Waals surface area contributed by atoms with Crippen molar-refractivity contribution in [3.63, 3.8) is 0 Å². The Morgan fingerprint density at radius 1 is 1.00 bits per heavy atom. The maximum atomic E-state index is 3.81. The van der Waals surface area contributed by atoms with Gasteiger partial charge in [0.15, 0.2) is 0 Å². The first-order valence-corrected chi connectivity index (χ1v) is 11.6. The zero-order valence-corrected chi connectivity index (χ0v) is 18.3. The Morgan fingerprint density at radius 2 is 1.68 bits per heavy atom. The highest BCUT2D eigenvalue weighted by Gasteiger charge is 2.14. The molecule has 1 N–H and O–H groups in total. The minimum atomic E-state index is 0.767. The summed E-state index contributed by atoms with van der Waals surface area (Å²) < 4.78 is 0. The van der Waals surface area contributed by atoms with E-state index in [1.54, 1.807) is 16.7 Å². The van der Waals surface area contributed by atoms with Gasteiger partial charge in [0.05, 0.1) is 0 Å². The van der Waals surface area contributed by atoms with Crippen molar-refractivity contribution < 1.29 is 0 Å². The summed E-state index contributed by atoms with van der Waals surface area (Å²) in [6, 6.07) is 9.50. The van der Waals surface area contributed by atoms with E-state index in [0.717, 1.165) is 5.92 Å². The molecule has 1 heterocycles. The van der Waals surface area contributed by atoms with E-state index in [-0.39, 0.29) is 0 Å². The standard InChI is InChI=1S/C27H41N/c1-4-7-13-25(24(5-2)6-3)14-11-9-8-10-12-23-15-17-26(18-16-23)27-19-21-28-22-20-27/h4,7,13,15-18,27-28H,1,5-6,8-12,14,19-22H2,2-3H3/b13-7-. The molecule has 2 rings (SSSR count). The van der Waals surface area contributed by atoms with Gasteiger partial charge in [0.2, 0.25) is 0 Å². The molecule has 0 aliphatic carbocycles. The van der Waals surface area contributed by atoms with Crippen molar-refractivity contribution in [3.8, 4) is 0 Å². The highest BCUT2D eigenvalue weighted by atomic mass is 14.9. The minimum Gasteiger partial charge on any atom is -0.317 e. The maximum absolute atomic E-state index is 3.81. The minimum absolute atomic E-state index is 0.767. The number of piperidine rings is 1. The van der Waals surface area contributed by atoms with Crippen molar-refractivity contribution >= 4 is 0 Å². The van der Waals surface area contributed by atoms with E-state index >= 15 is 0 Å². The van der Waals surface area contributed by atoms with Gasteiger partial charge in [0.1, 0.15) is 0 Å². The summed E-state index contributed by atoms with van der Waals surface area (Å²) in [6.45, 7) is 10.7. The van der Waals surface area contributed by atoms with Crippen molar-refractivity contribution in [3.05, 3.63) is 71.3 Å². The van der Waals surface area contributed by atoms with Crippen LogP contribution in [0.1, 0.15) is 88.7 Å². The van der Waals surface area contributed by atoms with Gasteiger partial charge in [-0.2, -0.15) is 0 Å². The third kappa shape index (κ3) is 7.80. The van der Waals surface area contributed by atoms with Crippen molar-refractivity contribution in [1.29, 1.82) is 0 Å². The zero-order chi connectivity index (χ0) is 20.0. The van der Waals surface area contributed by atoms with Crippen LogP contribution in [0.4, 0.5) is 0 Å². The Morgan fingerprint density at radius 3 is 2.32 bits per heavy atom. The topological polar surface area (TPSA) is 12.0 Å². The van der Waals surface area contributed by atoms with Gasteiger partial charge in [0, 0.05) is 0 Å². The van der Waals surface area contributed by atoms with Gasteiger partial charge >= 0.3 is 0 Å². The molecule has 0 unspecified atom stereocenters. The molecule has 1 aromatic carbocycles. The van der Waals surface area contributed by atoms with Crippen LogP contribution in [0.15, 0.2) is 60.2 Å². The fourth-order valence-electron chi connectivity index (χ4n) is 4.38. The molecular formula is C27H41N. The Balaban J connectivity index is 1.68. The Labute approximate surface area is 174 Å². The summed E-state index contributed by atoms with van der Waals surface area (Å²) in [5.41, 5.74) is 6.19. The van der Waals surface area contributed by atoms with Crippen molar-refractivity contribution in [1.82, 2.24) is 5.32 Å². The maximum Gasteiger partial charge on any atom is -0.00431 e. The highest BCUT2D eigenvalue weighted by molar-refractivity contribution is 5.28. The van der Waals surface area contributed by atoms with Gasteiger partial charge in [0.25, 0.3) is 0 Å². The lowest BCUT2D eigenvalue weighted by Gasteiger charge is -2.23. The van der Waals surface area contributed by atoms with E-state index in [1.807, 2.05) is 6.08 Å². The molecule has 0 aromatic heterocycles. The fraction of sp³-hybridized carbons (Fsp3) is 0.556. The van der Waals surface area contributed by atoms with Crippen LogP contribution in [0.3, 0.4) is 0 Å². The van der Waals surface area contributed by atoms with E-state index < -0.39 is 0 Å². The van der Waals surface area contributed by atoms with Crippen LogP contribution in [0.25, 0.3) is 0 Å². The van der Waals surface area contributed by atoms with Gasteiger partial charge in [-0.15, -0.1) is 0 Å². The van der Waals surface area contributed by atoms with Gasteiger partial charge < -0.3 is 5.32 Å². The average molecular weight is 380 g/mol. The van der Waals surface area contributed by atoms with E-state index in [9.17, 15) is 0 Å². The molecule has 28 heavy (non-hydrogen) atoms. The summed E-state index contributed by atoms with van der Waals surface area (Å²) >= 11 is 0. The molecule has 1 fully saturated rings. The normalized spacial score (nSPS) is 15.1. The molecule has 0 radical (unpaired) electrons. The summed E-state index contributed by atoms with van der Waals surface area (Å²) in [5.74, 6) is 0.767. The van der Waals surface area contributed by atoms with Crippen LogP contribution >= 0.6 is 0 Å². The molecular weight excluding hydrogens is 338 g/mol. The van der Waals surface area contributed by atoms with Crippen molar-refractivity contribution in [2.75, 3.05) is 13.1 Å². The third-order valence-corrected chi connectivity index (χ3v) is 6.19. The quantitative estimate of drug-likeness (QED) is 0.293. The number of allylic oxidation sites excluding steroid dienone is 5. The van der Waals surface area contributed by atoms with Crippen LogP contribution in [-0.2, 0) is 6.42 Å². The summed E-state index contributed by atoms with van der Waals surface area (Å²) in [7, 11) is 0. The first-order chi connectivity index (χ1) is 13.8. The molecule has 1 aliphatic heterocycles. The van der Waals surface area contributed by atoms with Gasteiger partial charge in [-0.05, 0) is 87.1 Å². The molecule has 1 nitrogen and oxygen atoms in total. The lowest BCUT2D eigenvalue weighted by Crippen LogP contribution is -2.26. The Hall–Kier alpha value is -1.60. The van der Waals surface area contributed by atoms with Crippen LogP contribution < -0.4 is 5.32 Å². The van der Waals surface area contributed by atoms with Crippen LogP contribution in [0.2, 0.25) is 0 Å². The third-order valence-electron chi connectivity index (χ3n) is 6.19. The second kappa shape index (κ2) is 13.6. The molecule has 1 saturated heterocycles. The Kier molecular flexibility index (Phi) is 11.0. The molecule has 1 heteroatoms. The SMILES string of the molecule is C=C/C=C\C(CCCCCCc1ccc(C2CCNCC2)cc1)=C(CC)CC. The highest BCUT2D eigenvalue weighted by Crippen LogP contribution is 2.26. The first kappa shape index (κ1) is 22.7. The van der Waals surface area contributed by atoms with E-state index in [2.05, 4.69) is 62.2 Å². The van der Waals surface area contributed by atoms with Crippen LogP contribution in [-0.4, -0.2) is 13.1 Å². The number of benzene rings is 1. The lowest BCUT2D eigenvalue weighted by molar-refractivity contribution is 0.460. The fourth-order valence-corrected chi connectivity index (χ4v) is 4.38. The van der Waals surface area contributed by atoms with Gasteiger partial charge in [-0.1, -0.05) is 81.3 Å². The predicted octanol–water partition coefficient (Wildman–Crippen LogP) is 7.51. The van der Waals surface area contributed by atoms with E-state index in [0.29, 0.717) is 0 Å². The second-order valence-electron chi connectivity index (χ2n) is 8.11. The number of rotatable bonds is 12. The van der Waals surface area contributed by atoms with Gasteiger partial charge in [-0.25, -0.2) is 0 Å². The first-order valence-electron chi connectivity index (χ1n) is 11.6.